The highest BCUT2D eigenvalue weighted by molar-refractivity contribution is 5.90. The molecule has 3 heterocycles. The van der Waals surface area contributed by atoms with Gasteiger partial charge in [-0.3, -0.25) is 0 Å². The van der Waals surface area contributed by atoms with Crippen molar-refractivity contribution in [1.29, 1.82) is 0 Å². The standard InChI is InChI=1S/C23H19FN2/c1-13-14(2)22-20-11-18-5-4-10-26(18)15(3)23(20)25-21(22)12-19(13)16-6-8-17(24)9-7-16/h4-10,12,15,25H,1-2,11H2,3H3. The van der Waals surface area contributed by atoms with Crippen LogP contribution in [0.1, 0.15) is 29.9 Å². The number of nitrogens with one attached hydrogen (secondary N) is 1. The van der Waals surface area contributed by atoms with E-state index in [1.165, 1.54) is 34.5 Å². The van der Waals surface area contributed by atoms with Gasteiger partial charge in [0.25, 0.3) is 0 Å². The van der Waals surface area contributed by atoms with Crippen molar-refractivity contribution >= 4 is 24.1 Å². The lowest BCUT2D eigenvalue weighted by Gasteiger charge is -2.23. The minimum Gasteiger partial charge on any atom is -0.356 e. The van der Waals surface area contributed by atoms with Crippen LogP contribution in [0, 0.1) is 5.82 Å². The number of benzene rings is 2. The Bertz CT molecular complexity index is 1260. The number of hydrogen-bond donors (Lipinski definition) is 1. The quantitative estimate of drug-likeness (QED) is 0.537. The van der Waals surface area contributed by atoms with Crippen molar-refractivity contribution in [2.75, 3.05) is 0 Å². The van der Waals surface area contributed by atoms with Crippen LogP contribution in [0.4, 0.5) is 4.39 Å². The molecule has 1 unspecified atom stereocenters. The SMILES string of the molecule is C=c1c(-c2ccc(F)cc2)cc2[nH]c3c(c2c1=C)Cc1cccn1C3C. The summed E-state index contributed by atoms with van der Waals surface area (Å²) in [5, 5.41) is 3.03. The molecule has 0 bridgehead atoms. The summed E-state index contributed by atoms with van der Waals surface area (Å²) in [4.78, 5) is 3.62. The van der Waals surface area contributed by atoms with Crippen molar-refractivity contribution in [1.82, 2.24) is 9.55 Å². The first-order chi connectivity index (χ1) is 12.5. The summed E-state index contributed by atoms with van der Waals surface area (Å²) in [5.41, 5.74) is 6.90. The summed E-state index contributed by atoms with van der Waals surface area (Å²) >= 11 is 0. The third-order valence-corrected chi connectivity index (χ3v) is 5.66. The van der Waals surface area contributed by atoms with E-state index in [9.17, 15) is 4.39 Å². The van der Waals surface area contributed by atoms with Gasteiger partial charge in [0, 0.05) is 34.9 Å². The molecule has 128 valence electrons. The molecule has 1 aliphatic rings. The summed E-state index contributed by atoms with van der Waals surface area (Å²) in [7, 11) is 0. The molecule has 5 rings (SSSR count). The van der Waals surface area contributed by atoms with Gasteiger partial charge in [-0.2, -0.15) is 0 Å². The number of rotatable bonds is 1. The maximum atomic E-state index is 13.3. The molecule has 0 aliphatic carbocycles. The average molecular weight is 342 g/mol. The number of halogens is 1. The molecule has 3 heteroatoms. The van der Waals surface area contributed by atoms with E-state index >= 15 is 0 Å². The van der Waals surface area contributed by atoms with Crippen LogP contribution in [0.5, 0.6) is 0 Å². The predicted octanol–water partition coefficient (Wildman–Crippen LogP) is 4.11. The first-order valence-corrected chi connectivity index (χ1v) is 8.81. The van der Waals surface area contributed by atoms with Gasteiger partial charge in [-0.15, -0.1) is 0 Å². The van der Waals surface area contributed by atoms with Gasteiger partial charge in [-0.05, 0) is 64.4 Å². The van der Waals surface area contributed by atoms with Crippen molar-refractivity contribution in [3.05, 3.63) is 81.9 Å². The molecule has 0 saturated carbocycles. The fraction of sp³-hybridized carbons (Fsp3) is 0.130. The molecule has 1 N–H and O–H groups in total. The van der Waals surface area contributed by atoms with E-state index < -0.39 is 0 Å². The molecule has 0 fully saturated rings. The highest BCUT2D eigenvalue weighted by Gasteiger charge is 2.25. The number of nitrogens with zero attached hydrogens (tertiary/aromatic N) is 1. The smallest absolute Gasteiger partial charge is 0.123 e. The second-order valence-electron chi connectivity index (χ2n) is 7.09. The van der Waals surface area contributed by atoms with Crippen LogP contribution in [0.3, 0.4) is 0 Å². The van der Waals surface area contributed by atoms with Crippen molar-refractivity contribution < 1.29 is 4.39 Å². The van der Waals surface area contributed by atoms with Crippen molar-refractivity contribution in [3.63, 3.8) is 0 Å². The van der Waals surface area contributed by atoms with Gasteiger partial charge < -0.3 is 9.55 Å². The molecule has 0 saturated heterocycles. The molecule has 1 atom stereocenters. The summed E-state index contributed by atoms with van der Waals surface area (Å²) in [5.74, 6) is -0.235. The molecule has 0 amide bonds. The van der Waals surface area contributed by atoms with Gasteiger partial charge >= 0.3 is 0 Å². The minimum absolute atomic E-state index is 0.235. The Labute approximate surface area is 150 Å². The van der Waals surface area contributed by atoms with Crippen LogP contribution in [0.25, 0.3) is 35.2 Å². The lowest BCUT2D eigenvalue weighted by Crippen LogP contribution is -2.25. The third-order valence-electron chi connectivity index (χ3n) is 5.66. The van der Waals surface area contributed by atoms with Crippen LogP contribution in [-0.2, 0) is 6.42 Å². The Hall–Kier alpha value is -3.07. The van der Waals surface area contributed by atoms with E-state index in [2.05, 4.69) is 54.0 Å². The third kappa shape index (κ3) is 1.97. The maximum absolute atomic E-state index is 13.3. The van der Waals surface area contributed by atoms with Crippen molar-refractivity contribution in [3.8, 4) is 11.1 Å². The lowest BCUT2D eigenvalue weighted by atomic mass is 9.95. The van der Waals surface area contributed by atoms with Crippen molar-refractivity contribution in [2.24, 2.45) is 0 Å². The molecule has 1 aliphatic heterocycles. The van der Waals surface area contributed by atoms with Crippen LogP contribution < -0.4 is 10.4 Å². The van der Waals surface area contributed by atoms with E-state index in [1.54, 1.807) is 12.1 Å². The van der Waals surface area contributed by atoms with Gasteiger partial charge in [-0.25, -0.2) is 4.39 Å². The first kappa shape index (κ1) is 15.2. The largest absolute Gasteiger partial charge is 0.356 e. The minimum atomic E-state index is -0.235. The Balaban J connectivity index is 1.79. The van der Waals surface area contributed by atoms with E-state index in [0.29, 0.717) is 0 Å². The second kappa shape index (κ2) is 5.21. The molecule has 26 heavy (non-hydrogen) atoms. The van der Waals surface area contributed by atoms with Crippen LogP contribution >= 0.6 is 0 Å². The summed E-state index contributed by atoms with van der Waals surface area (Å²) < 4.78 is 15.6. The molecular formula is C23H19FN2. The molecule has 2 aromatic carbocycles. The number of aromatic nitrogens is 2. The molecule has 0 radical (unpaired) electrons. The molecule has 0 spiro atoms. The zero-order chi connectivity index (χ0) is 18.0. The molecular weight excluding hydrogens is 323 g/mol. The molecule has 4 aromatic rings. The van der Waals surface area contributed by atoms with Crippen LogP contribution in [-0.4, -0.2) is 9.55 Å². The van der Waals surface area contributed by atoms with Crippen molar-refractivity contribution in [2.45, 2.75) is 19.4 Å². The van der Waals surface area contributed by atoms with Gasteiger partial charge in [0.05, 0.1) is 6.04 Å². The van der Waals surface area contributed by atoms with Crippen LogP contribution in [0.15, 0.2) is 48.7 Å². The van der Waals surface area contributed by atoms with E-state index in [1.807, 2.05) is 0 Å². The normalized spacial score (nSPS) is 15.8. The van der Waals surface area contributed by atoms with E-state index in [0.717, 1.165) is 33.5 Å². The van der Waals surface area contributed by atoms with Gasteiger partial charge in [0.1, 0.15) is 5.82 Å². The van der Waals surface area contributed by atoms with Gasteiger partial charge in [0.2, 0.25) is 0 Å². The highest BCUT2D eigenvalue weighted by Crippen LogP contribution is 2.35. The molecule has 2 aromatic heterocycles. The number of fused-ring (bicyclic) bond motifs is 4. The van der Waals surface area contributed by atoms with Gasteiger partial charge in [-0.1, -0.05) is 25.3 Å². The zero-order valence-corrected chi connectivity index (χ0v) is 14.6. The summed E-state index contributed by atoms with van der Waals surface area (Å²) in [6, 6.07) is 13.2. The number of H-pyrrole nitrogens is 1. The second-order valence-corrected chi connectivity index (χ2v) is 7.09. The highest BCUT2D eigenvalue weighted by atomic mass is 19.1. The first-order valence-electron chi connectivity index (χ1n) is 8.81. The Morgan fingerprint density at radius 3 is 2.65 bits per heavy atom. The number of hydrogen-bond acceptors (Lipinski definition) is 0. The Morgan fingerprint density at radius 2 is 1.88 bits per heavy atom. The average Bonchev–Trinajstić information content (AvgIpc) is 3.24. The summed E-state index contributed by atoms with van der Waals surface area (Å²) in [6.45, 7) is 10.8. The van der Waals surface area contributed by atoms with Gasteiger partial charge in [0.15, 0.2) is 0 Å². The Kier molecular flexibility index (Phi) is 3.05. The lowest BCUT2D eigenvalue weighted by molar-refractivity contribution is 0.579. The predicted molar refractivity (Wildman–Crippen MR) is 105 cm³/mol. The topological polar surface area (TPSA) is 20.7 Å². The van der Waals surface area contributed by atoms with E-state index in [-0.39, 0.29) is 11.9 Å². The van der Waals surface area contributed by atoms with Crippen LogP contribution in [0.2, 0.25) is 0 Å². The maximum Gasteiger partial charge on any atom is 0.123 e. The Morgan fingerprint density at radius 1 is 1.12 bits per heavy atom. The monoisotopic (exact) mass is 342 g/mol. The zero-order valence-electron chi connectivity index (χ0n) is 14.6. The number of aromatic amines is 1. The van der Waals surface area contributed by atoms with E-state index in [4.69, 9.17) is 0 Å². The fourth-order valence-corrected chi connectivity index (χ4v) is 4.28. The molecule has 2 nitrogen and oxygen atoms in total. The fourth-order valence-electron chi connectivity index (χ4n) is 4.28. The summed E-state index contributed by atoms with van der Waals surface area (Å²) in [6.07, 6.45) is 3.03.